The van der Waals surface area contributed by atoms with Crippen molar-refractivity contribution in [1.82, 2.24) is 9.88 Å². The number of anilines is 1. The number of hydrogen-bond acceptors (Lipinski definition) is 7. The van der Waals surface area contributed by atoms with Gasteiger partial charge in [-0.25, -0.2) is 9.78 Å². The molecule has 0 atom stereocenters. The Morgan fingerprint density at radius 1 is 1.38 bits per heavy atom. The first-order valence-corrected chi connectivity index (χ1v) is 7.87. The van der Waals surface area contributed by atoms with Crippen molar-refractivity contribution in [1.29, 1.82) is 0 Å². The Morgan fingerprint density at radius 3 is 2.52 bits per heavy atom. The summed E-state index contributed by atoms with van der Waals surface area (Å²) in [6.45, 7) is 9.62. The SMILES string of the molecule is COC(=O)c1sc(N2CCN(CC(C)(C)O)CC2)nc1C. The Kier molecular flexibility index (Phi) is 4.85. The molecule has 0 bridgehead atoms. The van der Waals surface area contributed by atoms with Gasteiger partial charge in [0.15, 0.2) is 5.13 Å². The van der Waals surface area contributed by atoms with Gasteiger partial charge in [0, 0.05) is 32.7 Å². The van der Waals surface area contributed by atoms with E-state index in [1.165, 1.54) is 18.4 Å². The van der Waals surface area contributed by atoms with E-state index >= 15 is 0 Å². The van der Waals surface area contributed by atoms with Gasteiger partial charge in [-0.05, 0) is 20.8 Å². The quantitative estimate of drug-likeness (QED) is 0.841. The van der Waals surface area contributed by atoms with Crippen molar-refractivity contribution in [3.05, 3.63) is 10.6 Å². The largest absolute Gasteiger partial charge is 0.465 e. The van der Waals surface area contributed by atoms with Gasteiger partial charge in [-0.2, -0.15) is 0 Å². The molecule has 1 aromatic heterocycles. The van der Waals surface area contributed by atoms with E-state index in [4.69, 9.17) is 4.74 Å². The summed E-state index contributed by atoms with van der Waals surface area (Å²) in [7, 11) is 1.39. The van der Waals surface area contributed by atoms with Crippen LogP contribution >= 0.6 is 11.3 Å². The molecule has 118 valence electrons. The molecule has 2 heterocycles. The predicted octanol–water partition coefficient (Wildman–Crippen LogP) is 1.13. The normalized spacial score (nSPS) is 17.1. The summed E-state index contributed by atoms with van der Waals surface area (Å²) in [4.78, 5) is 21.1. The maximum Gasteiger partial charge on any atom is 0.350 e. The number of esters is 1. The number of carbonyl (C=O) groups is 1. The molecule has 0 aromatic carbocycles. The number of thiazole rings is 1. The molecule has 7 heteroatoms. The molecule has 0 amide bonds. The van der Waals surface area contributed by atoms with Crippen molar-refractivity contribution in [3.63, 3.8) is 0 Å². The molecular weight excluding hydrogens is 290 g/mol. The van der Waals surface area contributed by atoms with E-state index in [2.05, 4.69) is 14.8 Å². The van der Waals surface area contributed by atoms with Crippen LogP contribution in [0.4, 0.5) is 5.13 Å². The zero-order chi connectivity index (χ0) is 15.6. The van der Waals surface area contributed by atoms with Gasteiger partial charge in [0.05, 0.1) is 18.4 Å². The Hall–Kier alpha value is -1.18. The van der Waals surface area contributed by atoms with Crippen LogP contribution in [0.5, 0.6) is 0 Å². The highest BCUT2D eigenvalue weighted by molar-refractivity contribution is 7.17. The van der Waals surface area contributed by atoms with Crippen molar-refractivity contribution in [2.45, 2.75) is 26.4 Å². The van der Waals surface area contributed by atoms with Crippen LogP contribution in [0.1, 0.15) is 29.2 Å². The molecule has 0 aliphatic carbocycles. The average Bonchev–Trinajstić information content (AvgIpc) is 2.79. The highest BCUT2D eigenvalue weighted by Crippen LogP contribution is 2.27. The minimum Gasteiger partial charge on any atom is -0.465 e. The molecule has 0 spiro atoms. The van der Waals surface area contributed by atoms with Crippen molar-refractivity contribution < 1.29 is 14.6 Å². The van der Waals surface area contributed by atoms with Gasteiger partial charge in [-0.15, -0.1) is 0 Å². The highest BCUT2D eigenvalue weighted by atomic mass is 32.1. The molecular formula is C14H23N3O3S. The van der Waals surface area contributed by atoms with E-state index in [1.807, 2.05) is 20.8 Å². The average molecular weight is 313 g/mol. The first-order chi connectivity index (χ1) is 9.80. The third-order valence-electron chi connectivity index (χ3n) is 3.41. The number of carbonyl (C=O) groups excluding carboxylic acids is 1. The molecule has 1 aliphatic rings. The second-order valence-electron chi connectivity index (χ2n) is 5.98. The minimum atomic E-state index is -0.669. The van der Waals surface area contributed by atoms with Crippen molar-refractivity contribution in [2.24, 2.45) is 0 Å². The van der Waals surface area contributed by atoms with Crippen LogP contribution < -0.4 is 4.90 Å². The maximum atomic E-state index is 11.6. The number of piperazine rings is 1. The van der Waals surface area contributed by atoms with E-state index in [9.17, 15) is 9.90 Å². The highest BCUT2D eigenvalue weighted by Gasteiger charge is 2.25. The summed E-state index contributed by atoms with van der Waals surface area (Å²) in [5.74, 6) is -0.322. The minimum absolute atomic E-state index is 0.322. The third kappa shape index (κ3) is 4.15. The van der Waals surface area contributed by atoms with Crippen LogP contribution in [0.15, 0.2) is 0 Å². The summed E-state index contributed by atoms with van der Waals surface area (Å²) in [6, 6.07) is 0. The topological polar surface area (TPSA) is 65.9 Å². The van der Waals surface area contributed by atoms with Crippen LogP contribution in [-0.4, -0.2) is 66.4 Å². The fourth-order valence-corrected chi connectivity index (χ4v) is 3.48. The molecule has 21 heavy (non-hydrogen) atoms. The van der Waals surface area contributed by atoms with Gasteiger partial charge in [0.1, 0.15) is 4.88 Å². The molecule has 1 aliphatic heterocycles. The smallest absolute Gasteiger partial charge is 0.350 e. The van der Waals surface area contributed by atoms with E-state index in [0.717, 1.165) is 37.0 Å². The lowest BCUT2D eigenvalue weighted by atomic mass is 10.1. The number of hydrogen-bond donors (Lipinski definition) is 1. The van der Waals surface area contributed by atoms with Gasteiger partial charge >= 0.3 is 5.97 Å². The summed E-state index contributed by atoms with van der Waals surface area (Å²) >= 11 is 1.39. The summed E-state index contributed by atoms with van der Waals surface area (Å²) in [5, 5.41) is 10.7. The van der Waals surface area contributed by atoms with E-state index in [0.29, 0.717) is 11.4 Å². The molecule has 2 rings (SSSR count). The molecule has 1 fully saturated rings. The molecule has 6 nitrogen and oxygen atoms in total. The molecule has 0 radical (unpaired) electrons. The number of aryl methyl sites for hydroxylation is 1. The van der Waals surface area contributed by atoms with Crippen molar-refractivity contribution >= 4 is 22.4 Å². The van der Waals surface area contributed by atoms with Crippen molar-refractivity contribution in [3.8, 4) is 0 Å². The standard InChI is InChI=1S/C14H23N3O3S/c1-10-11(12(18)20-4)21-13(15-10)17-7-5-16(6-8-17)9-14(2,3)19/h19H,5-9H2,1-4H3. The van der Waals surface area contributed by atoms with Crippen LogP contribution in [0.25, 0.3) is 0 Å². The van der Waals surface area contributed by atoms with Crippen LogP contribution in [0.2, 0.25) is 0 Å². The monoisotopic (exact) mass is 313 g/mol. The zero-order valence-corrected chi connectivity index (χ0v) is 13.9. The summed E-state index contributed by atoms with van der Waals surface area (Å²) < 4.78 is 4.77. The molecule has 0 saturated carbocycles. The number of β-amino-alcohol motifs (C(OH)–C–C–N with tert-alkyl or cyclic N) is 1. The number of ether oxygens (including phenoxy) is 1. The predicted molar refractivity (Wildman–Crippen MR) is 83.1 cm³/mol. The summed E-state index contributed by atoms with van der Waals surface area (Å²) in [6.07, 6.45) is 0. The molecule has 1 N–H and O–H groups in total. The van der Waals surface area contributed by atoms with E-state index < -0.39 is 5.60 Å². The zero-order valence-electron chi connectivity index (χ0n) is 13.0. The van der Waals surface area contributed by atoms with Crippen LogP contribution in [0.3, 0.4) is 0 Å². The molecule has 0 unspecified atom stereocenters. The molecule has 1 aromatic rings. The lowest BCUT2D eigenvalue weighted by Gasteiger charge is -2.37. The number of aromatic nitrogens is 1. The number of methoxy groups -OCH3 is 1. The van der Waals surface area contributed by atoms with Gasteiger partial charge in [0.2, 0.25) is 0 Å². The lowest BCUT2D eigenvalue weighted by molar-refractivity contribution is 0.0345. The second kappa shape index (κ2) is 6.29. The Balaban J connectivity index is 1.98. The number of aliphatic hydroxyl groups is 1. The van der Waals surface area contributed by atoms with Gasteiger partial charge in [0.25, 0.3) is 0 Å². The van der Waals surface area contributed by atoms with Crippen LogP contribution in [-0.2, 0) is 4.74 Å². The fraction of sp³-hybridized carbons (Fsp3) is 0.714. The fourth-order valence-electron chi connectivity index (χ4n) is 2.44. The molecule has 1 saturated heterocycles. The van der Waals surface area contributed by atoms with Gasteiger partial charge in [-0.1, -0.05) is 11.3 Å². The van der Waals surface area contributed by atoms with Crippen LogP contribution in [0, 0.1) is 6.92 Å². The first-order valence-electron chi connectivity index (χ1n) is 7.05. The Labute approximate surface area is 129 Å². The number of nitrogens with zero attached hydrogens (tertiary/aromatic N) is 3. The second-order valence-corrected chi connectivity index (χ2v) is 6.96. The van der Waals surface area contributed by atoms with E-state index in [-0.39, 0.29) is 5.97 Å². The van der Waals surface area contributed by atoms with Gasteiger partial charge < -0.3 is 14.7 Å². The summed E-state index contributed by atoms with van der Waals surface area (Å²) in [5.41, 5.74) is 0.0543. The van der Waals surface area contributed by atoms with Gasteiger partial charge in [-0.3, -0.25) is 4.90 Å². The first kappa shape index (κ1) is 16.2. The number of rotatable bonds is 4. The Morgan fingerprint density at radius 2 is 2.00 bits per heavy atom. The Bertz CT molecular complexity index is 502. The van der Waals surface area contributed by atoms with E-state index in [1.54, 1.807) is 0 Å². The van der Waals surface area contributed by atoms with Crippen molar-refractivity contribution in [2.75, 3.05) is 44.7 Å². The third-order valence-corrected chi connectivity index (χ3v) is 4.61. The maximum absolute atomic E-state index is 11.6. The lowest BCUT2D eigenvalue weighted by Crippen LogP contribution is -2.50.